The van der Waals surface area contributed by atoms with Gasteiger partial charge in [0.05, 0.1) is 12.2 Å². The molecule has 0 bridgehead atoms. The topological polar surface area (TPSA) is 97.8 Å². The molecule has 0 saturated carbocycles. The van der Waals surface area contributed by atoms with Crippen LogP contribution in [0.4, 0.5) is 17.5 Å². The first kappa shape index (κ1) is 22.3. The molecule has 0 radical (unpaired) electrons. The van der Waals surface area contributed by atoms with Gasteiger partial charge in [0.1, 0.15) is 5.52 Å². The Balaban J connectivity index is 1.48. The third-order valence-corrected chi connectivity index (χ3v) is 6.52. The number of benzene rings is 1. The molecular weight excluding hydrogens is 428 g/mol. The van der Waals surface area contributed by atoms with E-state index in [1.807, 2.05) is 18.5 Å². The summed E-state index contributed by atoms with van der Waals surface area (Å²) in [7, 11) is 1.97. The van der Waals surface area contributed by atoms with E-state index in [4.69, 9.17) is 14.4 Å². The molecule has 1 fully saturated rings. The molecule has 5 rings (SSSR count). The van der Waals surface area contributed by atoms with E-state index in [1.165, 1.54) is 5.56 Å². The molecule has 4 heterocycles. The Bertz CT molecular complexity index is 1330. The van der Waals surface area contributed by atoms with Crippen molar-refractivity contribution in [1.29, 1.82) is 0 Å². The maximum absolute atomic E-state index is 5.81. The zero-order chi connectivity index (χ0) is 24.0. The van der Waals surface area contributed by atoms with Crippen LogP contribution in [0.25, 0.3) is 11.2 Å². The number of hydrogen-bond acceptors (Lipinski definition) is 8. The van der Waals surface area contributed by atoms with E-state index in [1.54, 1.807) is 6.33 Å². The van der Waals surface area contributed by atoms with Crippen molar-refractivity contribution in [2.75, 3.05) is 23.3 Å². The molecular formula is C25H32N8O. The number of aryl methyl sites for hydroxylation is 3. The molecule has 3 aromatic heterocycles. The number of nitrogens with zero attached hydrogens (tertiary/aromatic N) is 7. The van der Waals surface area contributed by atoms with Gasteiger partial charge in [-0.2, -0.15) is 9.97 Å². The molecule has 0 spiro atoms. The standard InChI is InChI=1S/C25H32N8O/c1-7-19-30-31-23(34-19)16-10-11-33(13-16)24-28-21-20(32(6)14-26-21)22(29-24)27-18-12-17(25(3,4)5)9-8-15(18)2/h8-9,12,14,16H,7,10-11,13H2,1-6H3,(H,27,28,29). The van der Waals surface area contributed by atoms with Gasteiger partial charge in [-0.1, -0.05) is 39.8 Å². The molecule has 4 aromatic rings. The fraction of sp³-hybridized carbons (Fsp3) is 0.480. The Hall–Kier alpha value is -3.49. The number of fused-ring (bicyclic) bond motifs is 1. The van der Waals surface area contributed by atoms with Crippen molar-refractivity contribution < 1.29 is 4.42 Å². The summed E-state index contributed by atoms with van der Waals surface area (Å²) >= 11 is 0. The Morgan fingerprint density at radius 1 is 1.18 bits per heavy atom. The summed E-state index contributed by atoms with van der Waals surface area (Å²) in [4.78, 5) is 16.5. The van der Waals surface area contributed by atoms with Crippen molar-refractivity contribution in [3.63, 3.8) is 0 Å². The summed E-state index contributed by atoms with van der Waals surface area (Å²) in [5.74, 6) is 2.97. The van der Waals surface area contributed by atoms with Crippen molar-refractivity contribution in [3.8, 4) is 0 Å². The predicted octanol–water partition coefficient (Wildman–Crippen LogP) is 4.65. The molecule has 0 aliphatic carbocycles. The molecule has 1 saturated heterocycles. The van der Waals surface area contributed by atoms with Crippen LogP contribution in [0, 0.1) is 6.92 Å². The fourth-order valence-electron chi connectivity index (χ4n) is 4.34. The normalized spacial score (nSPS) is 16.5. The minimum atomic E-state index is 0.0553. The Morgan fingerprint density at radius 3 is 2.74 bits per heavy atom. The van der Waals surface area contributed by atoms with Gasteiger partial charge in [0.15, 0.2) is 11.5 Å². The summed E-state index contributed by atoms with van der Waals surface area (Å²) < 4.78 is 7.77. The van der Waals surface area contributed by atoms with Crippen LogP contribution >= 0.6 is 0 Å². The van der Waals surface area contributed by atoms with Crippen molar-refractivity contribution in [3.05, 3.63) is 47.4 Å². The smallest absolute Gasteiger partial charge is 0.229 e. The van der Waals surface area contributed by atoms with E-state index >= 15 is 0 Å². The van der Waals surface area contributed by atoms with Gasteiger partial charge in [0.25, 0.3) is 0 Å². The van der Waals surface area contributed by atoms with Crippen molar-refractivity contribution in [2.45, 2.75) is 58.8 Å². The van der Waals surface area contributed by atoms with Gasteiger partial charge >= 0.3 is 0 Å². The van der Waals surface area contributed by atoms with Gasteiger partial charge in [0, 0.05) is 32.2 Å². The first-order chi connectivity index (χ1) is 16.2. The maximum atomic E-state index is 5.81. The van der Waals surface area contributed by atoms with E-state index in [0.29, 0.717) is 23.4 Å². The van der Waals surface area contributed by atoms with Gasteiger partial charge in [-0.15, -0.1) is 10.2 Å². The maximum Gasteiger partial charge on any atom is 0.229 e. The Morgan fingerprint density at radius 2 is 2.00 bits per heavy atom. The second-order valence-corrected chi connectivity index (χ2v) is 10.1. The number of aromatic nitrogens is 6. The minimum absolute atomic E-state index is 0.0553. The van der Waals surface area contributed by atoms with Crippen LogP contribution in [0.1, 0.15) is 62.9 Å². The van der Waals surface area contributed by atoms with E-state index in [9.17, 15) is 0 Å². The second kappa shape index (κ2) is 8.38. The monoisotopic (exact) mass is 460 g/mol. The lowest BCUT2D eigenvalue weighted by molar-refractivity contribution is 0.427. The number of hydrogen-bond donors (Lipinski definition) is 1. The largest absolute Gasteiger partial charge is 0.425 e. The summed E-state index contributed by atoms with van der Waals surface area (Å²) in [5.41, 5.74) is 5.08. The number of rotatable bonds is 5. The lowest BCUT2D eigenvalue weighted by Crippen LogP contribution is -2.22. The van der Waals surface area contributed by atoms with E-state index in [2.05, 4.69) is 71.3 Å². The highest BCUT2D eigenvalue weighted by molar-refractivity contribution is 5.87. The predicted molar refractivity (Wildman–Crippen MR) is 133 cm³/mol. The third kappa shape index (κ3) is 4.10. The zero-order valence-electron chi connectivity index (χ0n) is 20.8. The molecule has 1 aromatic carbocycles. The van der Waals surface area contributed by atoms with Crippen LogP contribution in [0.3, 0.4) is 0 Å². The summed E-state index contributed by atoms with van der Waals surface area (Å²) in [5, 5.41) is 12.0. The quantitative estimate of drug-likeness (QED) is 0.459. The average Bonchev–Trinajstić information content (AvgIpc) is 3.54. The van der Waals surface area contributed by atoms with Gasteiger partial charge in [-0.25, -0.2) is 4.98 Å². The van der Waals surface area contributed by atoms with E-state index < -0.39 is 0 Å². The van der Waals surface area contributed by atoms with Crippen LogP contribution in [-0.2, 0) is 18.9 Å². The van der Waals surface area contributed by atoms with Crippen LogP contribution in [0.2, 0.25) is 0 Å². The summed E-state index contributed by atoms with van der Waals surface area (Å²) in [6, 6.07) is 6.56. The molecule has 178 valence electrons. The highest BCUT2D eigenvalue weighted by atomic mass is 16.4. The second-order valence-electron chi connectivity index (χ2n) is 10.1. The molecule has 34 heavy (non-hydrogen) atoms. The minimum Gasteiger partial charge on any atom is -0.425 e. The molecule has 1 aliphatic heterocycles. The molecule has 1 aliphatic rings. The first-order valence-electron chi connectivity index (χ1n) is 11.9. The molecule has 9 nitrogen and oxygen atoms in total. The highest BCUT2D eigenvalue weighted by Crippen LogP contribution is 2.33. The van der Waals surface area contributed by atoms with Crippen molar-refractivity contribution in [1.82, 2.24) is 29.7 Å². The van der Waals surface area contributed by atoms with Crippen LogP contribution < -0.4 is 10.2 Å². The lowest BCUT2D eigenvalue weighted by Gasteiger charge is -2.22. The SMILES string of the molecule is CCc1nnc(C2CCN(c3nc(Nc4cc(C(C)(C)C)ccc4C)c4c(ncn4C)n3)C2)o1. The van der Waals surface area contributed by atoms with Crippen LogP contribution in [0.15, 0.2) is 28.9 Å². The Kier molecular flexibility index (Phi) is 5.50. The van der Waals surface area contributed by atoms with Gasteiger partial charge in [-0.3, -0.25) is 0 Å². The highest BCUT2D eigenvalue weighted by Gasteiger charge is 2.30. The molecule has 0 amide bonds. The third-order valence-electron chi connectivity index (χ3n) is 6.52. The first-order valence-corrected chi connectivity index (χ1v) is 11.9. The lowest BCUT2D eigenvalue weighted by atomic mass is 9.86. The molecule has 1 N–H and O–H groups in total. The summed E-state index contributed by atoms with van der Waals surface area (Å²) in [6.45, 7) is 12.4. The average molecular weight is 461 g/mol. The zero-order valence-corrected chi connectivity index (χ0v) is 20.8. The Labute approximate surface area is 199 Å². The van der Waals surface area contributed by atoms with Gasteiger partial charge in [0.2, 0.25) is 17.7 Å². The number of nitrogens with one attached hydrogen (secondary N) is 1. The molecule has 1 atom stereocenters. The number of anilines is 3. The number of imidazole rings is 1. The van der Waals surface area contributed by atoms with E-state index in [0.717, 1.165) is 48.5 Å². The van der Waals surface area contributed by atoms with Gasteiger partial charge in [-0.05, 0) is 36.0 Å². The van der Waals surface area contributed by atoms with Crippen molar-refractivity contribution in [2.24, 2.45) is 7.05 Å². The van der Waals surface area contributed by atoms with Crippen molar-refractivity contribution >= 4 is 28.6 Å². The van der Waals surface area contributed by atoms with E-state index in [-0.39, 0.29) is 11.3 Å². The summed E-state index contributed by atoms with van der Waals surface area (Å²) in [6.07, 6.45) is 3.45. The van der Waals surface area contributed by atoms with Gasteiger partial charge < -0.3 is 19.2 Å². The van der Waals surface area contributed by atoms with Crippen LogP contribution in [0.5, 0.6) is 0 Å². The molecule has 9 heteroatoms. The fourth-order valence-corrected chi connectivity index (χ4v) is 4.34. The van der Waals surface area contributed by atoms with Crippen LogP contribution in [-0.4, -0.2) is 42.8 Å². The molecule has 1 unspecified atom stereocenters.